The molecule has 0 fully saturated rings. The SMILES string of the molecule is CCN(CC)C(=O)CO[C@@H](C)C(=O)O. The molecule has 0 bridgehead atoms. The quantitative estimate of drug-likeness (QED) is 0.676. The number of carboxylic acid groups (broad SMARTS) is 1. The number of amides is 1. The van der Waals surface area contributed by atoms with Crippen molar-refractivity contribution in [1.82, 2.24) is 4.90 Å². The van der Waals surface area contributed by atoms with Gasteiger partial charge in [-0.3, -0.25) is 4.79 Å². The second-order valence-corrected chi connectivity index (χ2v) is 2.86. The Morgan fingerprint density at radius 1 is 1.36 bits per heavy atom. The summed E-state index contributed by atoms with van der Waals surface area (Å²) >= 11 is 0. The number of likely N-dealkylation sites (N-methyl/N-ethyl adjacent to an activating group) is 1. The minimum Gasteiger partial charge on any atom is -0.479 e. The van der Waals surface area contributed by atoms with Gasteiger partial charge in [0, 0.05) is 13.1 Å². The fraction of sp³-hybridized carbons (Fsp3) is 0.778. The lowest BCUT2D eigenvalue weighted by Crippen LogP contribution is -2.35. The second kappa shape index (κ2) is 6.37. The van der Waals surface area contributed by atoms with Gasteiger partial charge in [0.2, 0.25) is 5.91 Å². The van der Waals surface area contributed by atoms with Gasteiger partial charge in [0.1, 0.15) is 6.61 Å². The van der Waals surface area contributed by atoms with Crippen molar-refractivity contribution >= 4 is 11.9 Å². The first-order chi connectivity index (χ1) is 6.52. The Balaban J connectivity index is 3.89. The van der Waals surface area contributed by atoms with Gasteiger partial charge in [-0.1, -0.05) is 0 Å². The summed E-state index contributed by atoms with van der Waals surface area (Å²) in [6.07, 6.45) is -0.936. The van der Waals surface area contributed by atoms with Gasteiger partial charge in [-0.2, -0.15) is 0 Å². The molecule has 0 rings (SSSR count). The zero-order valence-electron chi connectivity index (χ0n) is 8.82. The number of carbonyl (C=O) groups excluding carboxylic acids is 1. The first kappa shape index (κ1) is 12.9. The molecule has 0 aromatic heterocycles. The van der Waals surface area contributed by atoms with Gasteiger partial charge >= 0.3 is 5.97 Å². The van der Waals surface area contributed by atoms with Crippen molar-refractivity contribution in [2.75, 3.05) is 19.7 Å². The molecule has 0 unspecified atom stereocenters. The van der Waals surface area contributed by atoms with E-state index in [-0.39, 0.29) is 12.5 Å². The molecule has 0 aliphatic carbocycles. The predicted octanol–water partition coefficient (Wildman–Crippen LogP) is 0.344. The third-order valence-electron chi connectivity index (χ3n) is 1.92. The van der Waals surface area contributed by atoms with Crippen LogP contribution in [0.25, 0.3) is 0 Å². The van der Waals surface area contributed by atoms with Gasteiger partial charge in [0.25, 0.3) is 0 Å². The van der Waals surface area contributed by atoms with Gasteiger partial charge in [-0.15, -0.1) is 0 Å². The second-order valence-electron chi connectivity index (χ2n) is 2.86. The van der Waals surface area contributed by atoms with E-state index in [9.17, 15) is 9.59 Å². The van der Waals surface area contributed by atoms with Gasteiger partial charge < -0.3 is 14.7 Å². The fourth-order valence-electron chi connectivity index (χ4n) is 0.935. The minimum atomic E-state index is -1.06. The zero-order valence-corrected chi connectivity index (χ0v) is 8.82. The van der Waals surface area contributed by atoms with E-state index in [0.717, 1.165) is 0 Å². The molecule has 0 aliphatic heterocycles. The van der Waals surface area contributed by atoms with Crippen molar-refractivity contribution in [3.05, 3.63) is 0 Å². The molecule has 0 aliphatic rings. The van der Waals surface area contributed by atoms with Crippen LogP contribution in [0.4, 0.5) is 0 Å². The maximum atomic E-state index is 11.3. The lowest BCUT2D eigenvalue weighted by atomic mass is 10.4. The van der Waals surface area contributed by atoms with E-state index in [1.807, 2.05) is 13.8 Å². The average Bonchev–Trinajstić information content (AvgIpc) is 2.15. The van der Waals surface area contributed by atoms with Gasteiger partial charge in [0.05, 0.1) is 0 Å². The number of nitrogens with zero attached hydrogens (tertiary/aromatic N) is 1. The Kier molecular flexibility index (Phi) is 5.87. The number of hydrogen-bond acceptors (Lipinski definition) is 3. The van der Waals surface area contributed by atoms with Crippen LogP contribution in [-0.2, 0) is 14.3 Å². The summed E-state index contributed by atoms with van der Waals surface area (Å²) in [4.78, 5) is 23.3. The summed E-state index contributed by atoms with van der Waals surface area (Å²) in [6, 6.07) is 0. The zero-order chi connectivity index (χ0) is 11.1. The van der Waals surface area contributed by atoms with Crippen LogP contribution in [0.2, 0.25) is 0 Å². The van der Waals surface area contributed by atoms with Gasteiger partial charge in [0.15, 0.2) is 6.10 Å². The first-order valence-corrected chi connectivity index (χ1v) is 4.65. The Morgan fingerprint density at radius 2 is 1.86 bits per heavy atom. The van der Waals surface area contributed by atoms with E-state index in [1.165, 1.54) is 6.92 Å². The Bertz CT molecular complexity index is 201. The van der Waals surface area contributed by atoms with Crippen molar-refractivity contribution in [1.29, 1.82) is 0 Å². The molecule has 0 saturated heterocycles. The van der Waals surface area contributed by atoms with Crippen molar-refractivity contribution < 1.29 is 19.4 Å². The molecule has 5 heteroatoms. The summed E-state index contributed by atoms with van der Waals surface area (Å²) in [5, 5.41) is 8.50. The largest absolute Gasteiger partial charge is 0.479 e. The Morgan fingerprint density at radius 3 is 2.21 bits per heavy atom. The van der Waals surface area contributed by atoms with Crippen LogP contribution in [0, 0.1) is 0 Å². The molecule has 1 N–H and O–H groups in total. The number of carbonyl (C=O) groups is 2. The summed E-state index contributed by atoms with van der Waals surface area (Å²) in [7, 11) is 0. The molecule has 1 amide bonds. The molecule has 0 saturated carbocycles. The summed E-state index contributed by atoms with van der Waals surface area (Å²) in [5.74, 6) is -1.24. The highest BCUT2D eigenvalue weighted by atomic mass is 16.5. The molecule has 5 nitrogen and oxygen atoms in total. The van der Waals surface area contributed by atoms with Crippen LogP contribution in [-0.4, -0.2) is 47.7 Å². The number of aliphatic carboxylic acids is 1. The smallest absolute Gasteiger partial charge is 0.332 e. The van der Waals surface area contributed by atoms with Crippen LogP contribution in [0.5, 0.6) is 0 Å². The predicted molar refractivity (Wildman–Crippen MR) is 51.0 cm³/mol. The molecular formula is C9H17NO4. The van der Waals surface area contributed by atoms with Crippen molar-refractivity contribution in [3.8, 4) is 0 Å². The van der Waals surface area contributed by atoms with Gasteiger partial charge in [-0.05, 0) is 20.8 Å². The van der Waals surface area contributed by atoms with Crippen LogP contribution in [0.15, 0.2) is 0 Å². The van der Waals surface area contributed by atoms with E-state index >= 15 is 0 Å². The highest BCUT2D eigenvalue weighted by molar-refractivity contribution is 5.78. The highest BCUT2D eigenvalue weighted by Gasteiger charge is 2.15. The molecular weight excluding hydrogens is 186 g/mol. The standard InChI is InChI=1S/C9H17NO4/c1-4-10(5-2)8(11)6-14-7(3)9(12)13/h7H,4-6H2,1-3H3,(H,12,13)/t7-/m0/s1. The third kappa shape index (κ3) is 4.23. The molecule has 0 radical (unpaired) electrons. The number of ether oxygens (including phenoxy) is 1. The van der Waals surface area contributed by atoms with E-state index < -0.39 is 12.1 Å². The fourth-order valence-corrected chi connectivity index (χ4v) is 0.935. The molecule has 0 spiro atoms. The van der Waals surface area contributed by atoms with E-state index in [2.05, 4.69) is 0 Å². The van der Waals surface area contributed by atoms with Crippen LogP contribution < -0.4 is 0 Å². The topological polar surface area (TPSA) is 66.8 Å². The van der Waals surface area contributed by atoms with E-state index in [1.54, 1.807) is 4.90 Å². The number of hydrogen-bond donors (Lipinski definition) is 1. The summed E-state index contributed by atoms with van der Waals surface area (Å²) in [5.41, 5.74) is 0. The molecule has 1 atom stereocenters. The first-order valence-electron chi connectivity index (χ1n) is 4.65. The van der Waals surface area contributed by atoms with Crippen molar-refractivity contribution in [2.24, 2.45) is 0 Å². The molecule has 0 aromatic rings. The summed E-state index contributed by atoms with van der Waals surface area (Å²) in [6.45, 7) is 6.18. The average molecular weight is 203 g/mol. The maximum absolute atomic E-state index is 11.3. The monoisotopic (exact) mass is 203 g/mol. The Hall–Kier alpha value is -1.10. The minimum absolute atomic E-state index is 0.171. The molecule has 82 valence electrons. The molecule has 0 heterocycles. The highest BCUT2D eigenvalue weighted by Crippen LogP contribution is 1.94. The molecule has 14 heavy (non-hydrogen) atoms. The van der Waals surface area contributed by atoms with Crippen LogP contribution in [0.3, 0.4) is 0 Å². The van der Waals surface area contributed by atoms with Gasteiger partial charge in [-0.25, -0.2) is 4.79 Å². The van der Waals surface area contributed by atoms with Crippen molar-refractivity contribution in [2.45, 2.75) is 26.9 Å². The lowest BCUT2D eigenvalue weighted by molar-refractivity contribution is -0.152. The van der Waals surface area contributed by atoms with Crippen LogP contribution >= 0.6 is 0 Å². The lowest BCUT2D eigenvalue weighted by Gasteiger charge is -2.19. The normalized spacial score (nSPS) is 12.2. The van der Waals surface area contributed by atoms with E-state index in [0.29, 0.717) is 13.1 Å². The Labute approximate surface area is 83.6 Å². The summed E-state index contributed by atoms with van der Waals surface area (Å²) < 4.78 is 4.86. The number of rotatable bonds is 6. The molecule has 0 aromatic carbocycles. The van der Waals surface area contributed by atoms with E-state index in [4.69, 9.17) is 9.84 Å². The maximum Gasteiger partial charge on any atom is 0.332 e. The number of carboxylic acids is 1. The third-order valence-corrected chi connectivity index (χ3v) is 1.92. The van der Waals surface area contributed by atoms with Crippen molar-refractivity contribution in [3.63, 3.8) is 0 Å². The van der Waals surface area contributed by atoms with Crippen LogP contribution in [0.1, 0.15) is 20.8 Å².